The number of benzene rings is 1. The van der Waals surface area contributed by atoms with Crippen LogP contribution in [-0.4, -0.2) is 19.0 Å². The van der Waals surface area contributed by atoms with Crippen LogP contribution in [0, 0.1) is 11.7 Å². The SMILES string of the molecule is Fc1cccc(CC(F)(F)C2CCNC2)c1. The smallest absolute Gasteiger partial charge is 0.256 e. The summed E-state index contributed by atoms with van der Waals surface area (Å²) in [6.07, 6.45) is 0.111. The molecule has 1 aliphatic rings. The number of hydrogen-bond acceptors (Lipinski definition) is 1. The van der Waals surface area contributed by atoms with Gasteiger partial charge in [-0.05, 0) is 30.7 Å². The Kier molecular flexibility index (Phi) is 3.19. The molecule has 4 heteroatoms. The van der Waals surface area contributed by atoms with Gasteiger partial charge in [0.2, 0.25) is 0 Å². The van der Waals surface area contributed by atoms with E-state index in [1.165, 1.54) is 18.2 Å². The molecular formula is C12H14F3N. The fourth-order valence-corrected chi connectivity index (χ4v) is 2.08. The van der Waals surface area contributed by atoms with Gasteiger partial charge in [0.1, 0.15) is 5.82 Å². The van der Waals surface area contributed by atoms with Crippen molar-refractivity contribution in [2.45, 2.75) is 18.8 Å². The van der Waals surface area contributed by atoms with Crippen LogP contribution in [0.15, 0.2) is 24.3 Å². The van der Waals surface area contributed by atoms with Crippen LogP contribution in [0.3, 0.4) is 0 Å². The molecule has 1 N–H and O–H groups in total. The lowest BCUT2D eigenvalue weighted by Crippen LogP contribution is -2.32. The van der Waals surface area contributed by atoms with Crippen LogP contribution in [0.4, 0.5) is 13.2 Å². The van der Waals surface area contributed by atoms with E-state index < -0.39 is 17.7 Å². The van der Waals surface area contributed by atoms with Crippen molar-refractivity contribution >= 4 is 0 Å². The van der Waals surface area contributed by atoms with Crippen LogP contribution in [-0.2, 0) is 6.42 Å². The van der Waals surface area contributed by atoms with E-state index in [0.717, 1.165) is 0 Å². The lowest BCUT2D eigenvalue weighted by molar-refractivity contribution is -0.0499. The molecule has 1 saturated heterocycles. The number of nitrogens with one attached hydrogen (secondary N) is 1. The van der Waals surface area contributed by atoms with E-state index in [1.54, 1.807) is 6.07 Å². The Bertz CT molecular complexity index is 359. The van der Waals surface area contributed by atoms with Crippen molar-refractivity contribution in [1.29, 1.82) is 0 Å². The van der Waals surface area contributed by atoms with Crippen molar-refractivity contribution in [2.75, 3.05) is 13.1 Å². The van der Waals surface area contributed by atoms with E-state index in [4.69, 9.17) is 0 Å². The third-order valence-corrected chi connectivity index (χ3v) is 2.99. The highest BCUT2D eigenvalue weighted by molar-refractivity contribution is 5.18. The summed E-state index contributed by atoms with van der Waals surface area (Å²) in [5, 5.41) is 2.92. The van der Waals surface area contributed by atoms with E-state index in [1.807, 2.05) is 0 Å². The van der Waals surface area contributed by atoms with Crippen molar-refractivity contribution in [3.05, 3.63) is 35.6 Å². The third kappa shape index (κ3) is 2.55. The van der Waals surface area contributed by atoms with E-state index in [9.17, 15) is 13.2 Å². The Hall–Kier alpha value is -1.03. The molecule has 1 unspecified atom stereocenters. The van der Waals surface area contributed by atoms with Crippen LogP contribution in [0.2, 0.25) is 0 Å². The molecule has 2 rings (SSSR count). The average molecular weight is 229 g/mol. The Morgan fingerprint density at radius 1 is 1.38 bits per heavy atom. The van der Waals surface area contributed by atoms with Crippen LogP contribution in [0.1, 0.15) is 12.0 Å². The Morgan fingerprint density at radius 3 is 2.81 bits per heavy atom. The zero-order valence-electron chi connectivity index (χ0n) is 8.85. The monoisotopic (exact) mass is 229 g/mol. The predicted molar refractivity (Wildman–Crippen MR) is 56.0 cm³/mol. The molecule has 0 saturated carbocycles. The normalized spacial score (nSPS) is 21.3. The summed E-state index contributed by atoms with van der Waals surface area (Å²) >= 11 is 0. The van der Waals surface area contributed by atoms with Gasteiger partial charge in [-0.15, -0.1) is 0 Å². The molecule has 1 nitrogen and oxygen atoms in total. The first-order valence-electron chi connectivity index (χ1n) is 5.41. The summed E-state index contributed by atoms with van der Waals surface area (Å²) in [7, 11) is 0. The molecular weight excluding hydrogens is 215 g/mol. The zero-order valence-corrected chi connectivity index (χ0v) is 8.85. The van der Waals surface area contributed by atoms with Gasteiger partial charge in [0.15, 0.2) is 0 Å². The van der Waals surface area contributed by atoms with E-state index in [0.29, 0.717) is 25.1 Å². The topological polar surface area (TPSA) is 12.0 Å². The lowest BCUT2D eigenvalue weighted by atomic mass is 9.94. The molecule has 0 radical (unpaired) electrons. The number of halogens is 3. The van der Waals surface area contributed by atoms with Gasteiger partial charge in [-0.25, -0.2) is 13.2 Å². The summed E-state index contributed by atoms with van der Waals surface area (Å²) in [4.78, 5) is 0. The Balaban J connectivity index is 2.07. The highest BCUT2D eigenvalue weighted by Gasteiger charge is 2.40. The van der Waals surface area contributed by atoms with Crippen LogP contribution < -0.4 is 5.32 Å². The molecule has 1 fully saturated rings. The summed E-state index contributed by atoms with van der Waals surface area (Å²) in [6.45, 7) is 0.992. The van der Waals surface area contributed by atoms with E-state index >= 15 is 0 Å². The Morgan fingerprint density at radius 2 is 2.19 bits per heavy atom. The van der Waals surface area contributed by atoms with E-state index in [2.05, 4.69) is 5.32 Å². The molecule has 0 amide bonds. The van der Waals surface area contributed by atoms with Gasteiger partial charge in [0.25, 0.3) is 5.92 Å². The molecule has 1 aromatic rings. The van der Waals surface area contributed by atoms with Gasteiger partial charge in [0, 0.05) is 18.9 Å². The van der Waals surface area contributed by atoms with Crippen molar-refractivity contribution in [2.24, 2.45) is 5.92 Å². The van der Waals surface area contributed by atoms with Crippen molar-refractivity contribution in [3.8, 4) is 0 Å². The molecule has 16 heavy (non-hydrogen) atoms. The maximum Gasteiger partial charge on any atom is 0.256 e. The summed E-state index contributed by atoms with van der Waals surface area (Å²) in [5.74, 6) is -3.84. The molecule has 0 bridgehead atoms. The molecule has 0 spiro atoms. The molecule has 0 aromatic heterocycles. The number of rotatable bonds is 3. The predicted octanol–water partition coefficient (Wildman–Crippen LogP) is 2.61. The summed E-state index contributed by atoms with van der Waals surface area (Å²) in [5.41, 5.74) is 0.358. The Labute approximate surface area is 92.7 Å². The van der Waals surface area contributed by atoms with Gasteiger partial charge in [-0.3, -0.25) is 0 Å². The average Bonchev–Trinajstić information content (AvgIpc) is 2.69. The highest BCUT2D eigenvalue weighted by Crippen LogP contribution is 2.32. The van der Waals surface area contributed by atoms with Gasteiger partial charge in [0.05, 0.1) is 0 Å². The van der Waals surface area contributed by atoms with Gasteiger partial charge >= 0.3 is 0 Å². The quantitative estimate of drug-likeness (QED) is 0.840. The van der Waals surface area contributed by atoms with Crippen LogP contribution >= 0.6 is 0 Å². The minimum Gasteiger partial charge on any atom is -0.316 e. The molecule has 1 aliphatic heterocycles. The second-order valence-corrected chi connectivity index (χ2v) is 4.26. The standard InChI is InChI=1S/C12H14F3N/c13-11-3-1-2-9(6-11)7-12(14,15)10-4-5-16-8-10/h1-3,6,10,16H,4-5,7-8H2. The molecule has 1 heterocycles. The van der Waals surface area contributed by atoms with Crippen LogP contribution in [0.5, 0.6) is 0 Å². The zero-order chi connectivity index (χ0) is 11.6. The van der Waals surface area contributed by atoms with Crippen molar-refractivity contribution < 1.29 is 13.2 Å². The molecule has 1 atom stereocenters. The second kappa shape index (κ2) is 4.45. The fraction of sp³-hybridized carbons (Fsp3) is 0.500. The first kappa shape index (κ1) is 11.5. The largest absolute Gasteiger partial charge is 0.316 e. The first-order chi connectivity index (χ1) is 7.58. The molecule has 1 aromatic carbocycles. The van der Waals surface area contributed by atoms with Crippen molar-refractivity contribution in [1.82, 2.24) is 5.32 Å². The highest BCUT2D eigenvalue weighted by atomic mass is 19.3. The van der Waals surface area contributed by atoms with Crippen molar-refractivity contribution in [3.63, 3.8) is 0 Å². The van der Waals surface area contributed by atoms with Gasteiger partial charge in [-0.2, -0.15) is 0 Å². The second-order valence-electron chi connectivity index (χ2n) is 4.26. The molecule has 0 aliphatic carbocycles. The van der Waals surface area contributed by atoms with E-state index in [-0.39, 0.29) is 6.42 Å². The number of alkyl halides is 2. The van der Waals surface area contributed by atoms with Gasteiger partial charge < -0.3 is 5.32 Å². The molecule has 88 valence electrons. The maximum absolute atomic E-state index is 13.8. The van der Waals surface area contributed by atoms with Gasteiger partial charge in [-0.1, -0.05) is 12.1 Å². The summed E-state index contributed by atoms with van der Waals surface area (Å²) in [6, 6.07) is 5.45. The van der Waals surface area contributed by atoms with Crippen LogP contribution in [0.25, 0.3) is 0 Å². The number of hydrogen-bond donors (Lipinski definition) is 1. The third-order valence-electron chi connectivity index (χ3n) is 2.99. The lowest BCUT2D eigenvalue weighted by Gasteiger charge is -2.22. The minimum atomic E-state index is -2.75. The first-order valence-corrected chi connectivity index (χ1v) is 5.41. The fourth-order valence-electron chi connectivity index (χ4n) is 2.08. The summed E-state index contributed by atoms with van der Waals surface area (Å²) < 4.78 is 40.4. The maximum atomic E-state index is 13.8. The minimum absolute atomic E-state index is 0.350.